The monoisotopic (exact) mass is 319 g/mol. The molecule has 3 heterocycles. The molecule has 2 aromatic rings. The fraction of sp³-hybridized carbons (Fsp3) is 0.538. The van der Waals surface area contributed by atoms with Crippen LogP contribution in [0.15, 0.2) is 12.7 Å². The number of aromatic nitrogens is 4. The van der Waals surface area contributed by atoms with Gasteiger partial charge < -0.3 is 25.0 Å². The topological polar surface area (TPSA) is 135 Å². The van der Waals surface area contributed by atoms with Crippen LogP contribution < -0.4 is 4.90 Å². The maximum atomic E-state index is 11.5. The van der Waals surface area contributed by atoms with E-state index in [-0.39, 0.29) is 12.2 Å². The summed E-state index contributed by atoms with van der Waals surface area (Å²) in [6.45, 7) is 0.927. The number of aromatic amines is 1. The van der Waals surface area contributed by atoms with Gasteiger partial charge in [0.05, 0.1) is 12.2 Å². The smallest absolute Gasteiger partial charge is 0.451 e. The number of hydrogen-bond acceptors (Lipinski definition) is 7. The number of hydrogen-bond donors (Lipinski definition) is 4. The van der Waals surface area contributed by atoms with Crippen LogP contribution in [0.4, 0.5) is 5.82 Å². The van der Waals surface area contributed by atoms with Crippen LogP contribution in [0.25, 0.3) is 11.2 Å². The summed E-state index contributed by atoms with van der Waals surface area (Å²) in [5, 5.41) is 27.3. The highest BCUT2D eigenvalue weighted by molar-refractivity contribution is 6.40. The summed E-state index contributed by atoms with van der Waals surface area (Å²) in [6, 6.07) is 0. The number of anilines is 1. The first-order valence-electron chi connectivity index (χ1n) is 7.54. The molecular weight excluding hydrogens is 301 g/mol. The molecule has 0 aliphatic carbocycles. The lowest BCUT2D eigenvalue weighted by Crippen LogP contribution is -2.24. The van der Waals surface area contributed by atoms with Crippen molar-refractivity contribution in [2.45, 2.75) is 19.2 Å². The van der Waals surface area contributed by atoms with Crippen LogP contribution in [0.2, 0.25) is 6.32 Å². The van der Waals surface area contributed by atoms with E-state index >= 15 is 0 Å². The molecule has 2 aromatic heterocycles. The first-order valence-corrected chi connectivity index (χ1v) is 7.54. The van der Waals surface area contributed by atoms with Gasteiger partial charge in [-0.1, -0.05) is 6.42 Å². The van der Waals surface area contributed by atoms with Crippen molar-refractivity contribution in [1.82, 2.24) is 19.9 Å². The number of H-pyrrole nitrogens is 1. The second-order valence-electron chi connectivity index (χ2n) is 5.82. The number of imidazole rings is 1. The van der Waals surface area contributed by atoms with Gasteiger partial charge in [-0.3, -0.25) is 4.79 Å². The summed E-state index contributed by atoms with van der Waals surface area (Å²) < 4.78 is 0. The van der Waals surface area contributed by atoms with Crippen molar-refractivity contribution in [2.75, 3.05) is 18.0 Å². The first-order chi connectivity index (χ1) is 11.1. The molecule has 4 N–H and O–H groups in total. The van der Waals surface area contributed by atoms with E-state index in [0.717, 1.165) is 0 Å². The Labute approximate surface area is 132 Å². The van der Waals surface area contributed by atoms with Gasteiger partial charge in [0.15, 0.2) is 11.5 Å². The van der Waals surface area contributed by atoms with E-state index in [2.05, 4.69) is 19.9 Å². The van der Waals surface area contributed by atoms with Gasteiger partial charge in [0.1, 0.15) is 11.8 Å². The van der Waals surface area contributed by atoms with Crippen molar-refractivity contribution < 1.29 is 19.9 Å². The van der Waals surface area contributed by atoms with Crippen LogP contribution in [0.3, 0.4) is 0 Å². The van der Waals surface area contributed by atoms with Gasteiger partial charge in [-0.2, -0.15) is 0 Å². The van der Waals surface area contributed by atoms with Crippen molar-refractivity contribution >= 4 is 30.1 Å². The zero-order valence-corrected chi connectivity index (χ0v) is 12.5. The summed E-state index contributed by atoms with van der Waals surface area (Å²) in [7, 11) is -1.35. The molecule has 1 aliphatic heterocycles. The molecule has 0 bridgehead atoms. The average Bonchev–Trinajstić information content (AvgIpc) is 3.12. The fourth-order valence-electron chi connectivity index (χ4n) is 3.17. The van der Waals surface area contributed by atoms with Crippen LogP contribution in [0.5, 0.6) is 0 Å². The number of rotatable bonds is 6. The van der Waals surface area contributed by atoms with Gasteiger partial charge >= 0.3 is 13.1 Å². The SMILES string of the molecule is O=C(O)[C@@H]1CN(c2ncnc3nc[nH]c23)C[C@@H]1CCCB(O)O. The average molecular weight is 319 g/mol. The highest BCUT2D eigenvalue weighted by atomic mass is 16.4. The van der Waals surface area contributed by atoms with Crippen LogP contribution >= 0.6 is 0 Å². The van der Waals surface area contributed by atoms with Gasteiger partial charge in [-0.25, -0.2) is 15.0 Å². The van der Waals surface area contributed by atoms with Crippen molar-refractivity contribution in [1.29, 1.82) is 0 Å². The third-order valence-electron chi connectivity index (χ3n) is 4.30. The Morgan fingerprint density at radius 2 is 2.17 bits per heavy atom. The molecule has 122 valence electrons. The summed E-state index contributed by atoms with van der Waals surface area (Å²) in [4.78, 5) is 28.9. The predicted molar refractivity (Wildman–Crippen MR) is 82.7 cm³/mol. The molecule has 0 spiro atoms. The maximum absolute atomic E-state index is 11.5. The van der Waals surface area contributed by atoms with Crippen molar-refractivity contribution in [3.8, 4) is 0 Å². The van der Waals surface area contributed by atoms with E-state index in [1.807, 2.05) is 4.90 Å². The van der Waals surface area contributed by atoms with E-state index in [1.165, 1.54) is 12.7 Å². The lowest BCUT2D eigenvalue weighted by atomic mass is 9.80. The minimum absolute atomic E-state index is 0.0563. The Bertz CT molecular complexity index is 694. The molecule has 1 fully saturated rings. The molecule has 3 rings (SSSR count). The summed E-state index contributed by atoms with van der Waals surface area (Å²) in [5.41, 5.74) is 1.25. The normalized spacial score (nSPS) is 21.0. The Hall–Kier alpha value is -2.20. The van der Waals surface area contributed by atoms with Crippen molar-refractivity contribution in [3.63, 3.8) is 0 Å². The van der Waals surface area contributed by atoms with E-state index in [4.69, 9.17) is 10.0 Å². The Kier molecular flexibility index (Phi) is 4.44. The third-order valence-corrected chi connectivity index (χ3v) is 4.30. The van der Waals surface area contributed by atoms with E-state index < -0.39 is 19.0 Å². The number of carbonyl (C=O) groups is 1. The lowest BCUT2D eigenvalue weighted by Gasteiger charge is -2.17. The highest BCUT2D eigenvalue weighted by Gasteiger charge is 2.38. The first kappa shape index (κ1) is 15.7. The molecule has 0 radical (unpaired) electrons. The van der Waals surface area contributed by atoms with Crippen LogP contribution in [0.1, 0.15) is 12.8 Å². The van der Waals surface area contributed by atoms with E-state index in [9.17, 15) is 9.90 Å². The molecular formula is C13H18BN5O4. The largest absolute Gasteiger partial charge is 0.481 e. The third kappa shape index (κ3) is 3.27. The molecule has 9 nitrogen and oxygen atoms in total. The summed E-state index contributed by atoms with van der Waals surface area (Å²) in [6.07, 6.45) is 4.41. The molecule has 0 saturated carbocycles. The number of nitrogens with one attached hydrogen (secondary N) is 1. The number of carboxylic acid groups (broad SMARTS) is 1. The van der Waals surface area contributed by atoms with Crippen LogP contribution in [-0.4, -0.2) is 61.3 Å². The zero-order valence-electron chi connectivity index (χ0n) is 12.5. The predicted octanol–water partition coefficient (Wildman–Crippen LogP) is -0.257. The Morgan fingerprint density at radius 3 is 2.91 bits per heavy atom. The summed E-state index contributed by atoms with van der Waals surface area (Å²) in [5.74, 6) is -0.738. The van der Waals surface area contributed by atoms with Crippen LogP contribution in [-0.2, 0) is 4.79 Å². The Balaban J connectivity index is 1.77. The minimum atomic E-state index is -1.35. The van der Waals surface area contributed by atoms with Gasteiger partial charge in [0.2, 0.25) is 0 Å². The molecule has 2 atom stereocenters. The fourth-order valence-corrected chi connectivity index (χ4v) is 3.17. The number of fused-ring (bicyclic) bond motifs is 1. The molecule has 1 saturated heterocycles. The van der Waals surface area contributed by atoms with E-state index in [0.29, 0.717) is 42.9 Å². The van der Waals surface area contributed by atoms with Gasteiger partial charge in [0.25, 0.3) is 0 Å². The van der Waals surface area contributed by atoms with Crippen LogP contribution in [0, 0.1) is 11.8 Å². The molecule has 0 unspecified atom stereocenters. The zero-order chi connectivity index (χ0) is 16.4. The number of aliphatic carboxylic acids is 1. The standard InChI is InChI=1S/C13H18BN5O4/c20-13(21)9-5-19(4-8(9)2-1-3-14(22)23)12-10-11(16-6-15-10)17-7-18-12/h6-9,22-23H,1-5H2,(H,20,21)(H,15,16,17,18)/t8-,9+/m0/s1. The van der Waals surface area contributed by atoms with Gasteiger partial charge in [0, 0.05) is 13.1 Å². The molecule has 10 heteroatoms. The quantitative estimate of drug-likeness (QED) is 0.535. The second-order valence-corrected chi connectivity index (χ2v) is 5.82. The molecule has 0 aromatic carbocycles. The number of carboxylic acids is 1. The highest BCUT2D eigenvalue weighted by Crippen LogP contribution is 2.33. The number of nitrogens with zero attached hydrogens (tertiary/aromatic N) is 4. The lowest BCUT2D eigenvalue weighted by molar-refractivity contribution is -0.142. The molecule has 0 amide bonds. The van der Waals surface area contributed by atoms with Gasteiger partial charge in [-0.05, 0) is 18.7 Å². The molecule has 23 heavy (non-hydrogen) atoms. The van der Waals surface area contributed by atoms with Crippen molar-refractivity contribution in [2.24, 2.45) is 11.8 Å². The Morgan fingerprint density at radius 1 is 1.35 bits per heavy atom. The molecule has 1 aliphatic rings. The van der Waals surface area contributed by atoms with Gasteiger partial charge in [-0.15, -0.1) is 0 Å². The van der Waals surface area contributed by atoms with E-state index in [1.54, 1.807) is 0 Å². The second kappa shape index (κ2) is 6.51. The summed E-state index contributed by atoms with van der Waals surface area (Å²) >= 11 is 0. The minimum Gasteiger partial charge on any atom is -0.481 e. The maximum Gasteiger partial charge on any atom is 0.451 e. The van der Waals surface area contributed by atoms with Crippen molar-refractivity contribution in [3.05, 3.63) is 12.7 Å².